The SMILES string of the molecule is CCOC(=O)c1cccc(C(Br)C(C)=O)c1CC. The molecule has 0 radical (unpaired) electrons. The number of benzene rings is 1. The monoisotopic (exact) mass is 312 g/mol. The van der Waals surface area contributed by atoms with Crippen LogP contribution in [0.15, 0.2) is 18.2 Å². The molecule has 1 rings (SSSR count). The first-order valence-corrected chi connectivity index (χ1v) is 6.87. The van der Waals surface area contributed by atoms with E-state index in [0.29, 0.717) is 18.6 Å². The van der Waals surface area contributed by atoms with Gasteiger partial charge in [-0.2, -0.15) is 0 Å². The van der Waals surface area contributed by atoms with E-state index in [1.54, 1.807) is 19.1 Å². The summed E-state index contributed by atoms with van der Waals surface area (Å²) in [6.45, 7) is 5.60. The third-order valence-electron chi connectivity index (χ3n) is 2.69. The number of hydrogen-bond donors (Lipinski definition) is 0. The molecule has 0 aromatic heterocycles. The van der Waals surface area contributed by atoms with Crippen LogP contribution in [-0.2, 0) is 16.0 Å². The largest absolute Gasteiger partial charge is 0.462 e. The number of hydrogen-bond acceptors (Lipinski definition) is 3. The molecule has 0 saturated heterocycles. The van der Waals surface area contributed by atoms with Gasteiger partial charge in [0.2, 0.25) is 0 Å². The van der Waals surface area contributed by atoms with Crippen molar-refractivity contribution in [2.24, 2.45) is 0 Å². The topological polar surface area (TPSA) is 43.4 Å². The third kappa shape index (κ3) is 3.19. The number of carbonyl (C=O) groups excluding carboxylic acids is 2. The van der Waals surface area contributed by atoms with Gasteiger partial charge in [-0.1, -0.05) is 35.0 Å². The van der Waals surface area contributed by atoms with E-state index in [4.69, 9.17) is 4.74 Å². The van der Waals surface area contributed by atoms with Crippen molar-refractivity contribution in [2.75, 3.05) is 6.61 Å². The first-order chi connectivity index (χ1) is 8.52. The van der Waals surface area contributed by atoms with Gasteiger partial charge in [-0.15, -0.1) is 0 Å². The van der Waals surface area contributed by atoms with E-state index in [1.807, 2.05) is 13.0 Å². The predicted molar refractivity (Wildman–Crippen MR) is 74.1 cm³/mol. The highest BCUT2D eigenvalue weighted by atomic mass is 79.9. The first kappa shape index (κ1) is 14.9. The van der Waals surface area contributed by atoms with Gasteiger partial charge in [-0.05, 0) is 37.5 Å². The van der Waals surface area contributed by atoms with Crippen molar-refractivity contribution in [2.45, 2.75) is 32.0 Å². The van der Waals surface area contributed by atoms with E-state index in [0.717, 1.165) is 11.1 Å². The van der Waals surface area contributed by atoms with Gasteiger partial charge in [0.25, 0.3) is 0 Å². The maximum atomic E-state index is 11.8. The number of halogens is 1. The van der Waals surface area contributed by atoms with Crippen LogP contribution in [0.3, 0.4) is 0 Å². The maximum Gasteiger partial charge on any atom is 0.338 e. The molecule has 1 aromatic rings. The van der Waals surface area contributed by atoms with Crippen LogP contribution in [0.1, 0.15) is 47.1 Å². The Morgan fingerprint density at radius 1 is 1.33 bits per heavy atom. The van der Waals surface area contributed by atoms with Gasteiger partial charge in [-0.3, -0.25) is 4.79 Å². The highest BCUT2D eigenvalue weighted by Crippen LogP contribution is 2.29. The number of ketones is 1. The Bertz CT molecular complexity index is 454. The number of alkyl halides is 1. The van der Waals surface area contributed by atoms with E-state index < -0.39 is 0 Å². The second-order valence-corrected chi connectivity index (χ2v) is 4.84. The number of rotatable bonds is 5. The molecule has 0 aliphatic carbocycles. The van der Waals surface area contributed by atoms with Gasteiger partial charge < -0.3 is 4.74 Å². The average molecular weight is 313 g/mol. The molecule has 0 aliphatic rings. The summed E-state index contributed by atoms with van der Waals surface area (Å²) in [6, 6.07) is 5.38. The number of carbonyl (C=O) groups is 2. The molecule has 0 amide bonds. The fourth-order valence-electron chi connectivity index (χ4n) is 1.86. The van der Waals surface area contributed by atoms with E-state index in [9.17, 15) is 9.59 Å². The fourth-order valence-corrected chi connectivity index (χ4v) is 2.28. The molecular formula is C14H17BrO3. The summed E-state index contributed by atoms with van der Waals surface area (Å²) in [4.78, 5) is 22.9. The summed E-state index contributed by atoms with van der Waals surface area (Å²) >= 11 is 3.36. The minimum absolute atomic E-state index is 0.0192. The zero-order valence-corrected chi connectivity index (χ0v) is 12.4. The zero-order valence-electron chi connectivity index (χ0n) is 10.8. The molecule has 0 spiro atoms. The molecule has 0 saturated carbocycles. The Morgan fingerprint density at radius 3 is 2.50 bits per heavy atom. The molecular weight excluding hydrogens is 296 g/mol. The molecule has 4 heteroatoms. The molecule has 0 N–H and O–H groups in total. The second kappa shape index (κ2) is 6.69. The Hall–Kier alpha value is -1.16. The number of ether oxygens (including phenoxy) is 1. The molecule has 18 heavy (non-hydrogen) atoms. The zero-order chi connectivity index (χ0) is 13.7. The van der Waals surface area contributed by atoms with E-state index >= 15 is 0 Å². The van der Waals surface area contributed by atoms with Crippen molar-refractivity contribution in [1.29, 1.82) is 0 Å². The quantitative estimate of drug-likeness (QED) is 0.618. The smallest absolute Gasteiger partial charge is 0.338 e. The van der Waals surface area contributed by atoms with E-state index in [1.165, 1.54) is 6.92 Å². The third-order valence-corrected chi connectivity index (χ3v) is 3.83. The normalized spacial score (nSPS) is 12.0. The van der Waals surface area contributed by atoms with Crippen LogP contribution in [0.25, 0.3) is 0 Å². The molecule has 98 valence electrons. The summed E-state index contributed by atoms with van der Waals surface area (Å²) in [5, 5.41) is 0. The summed E-state index contributed by atoms with van der Waals surface area (Å²) in [5.41, 5.74) is 2.26. The molecule has 1 aromatic carbocycles. The van der Waals surface area contributed by atoms with Gasteiger partial charge in [0, 0.05) is 0 Å². The van der Waals surface area contributed by atoms with Gasteiger partial charge in [0.05, 0.1) is 17.0 Å². The molecule has 1 unspecified atom stereocenters. The Labute approximate surface area is 116 Å². The first-order valence-electron chi connectivity index (χ1n) is 5.96. The van der Waals surface area contributed by atoms with Crippen LogP contribution in [0.5, 0.6) is 0 Å². The molecule has 0 bridgehead atoms. The average Bonchev–Trinajstić information content (AvgIpc) is 2.36. The highest BCUT2D eigenvalue weighted by molar-refractivity contribution is 9.09. The van der Waals surface area contributed by atoms with Crippen LogP contribution in [0, 0.1) is 0 Å². The second-order valence-electron chi connectivity index (χ2n) is 3.92. The fraction of sp³-hybridized carbons (Fsp3) is 0.429. The van der Waals surface area contributed by atoms with Crippen molar-refractivity contribution in [3.8, 4) is 0 Å². The summed E-state index contributed by atoms with van der Waals surface area (Å²) in [6.07, 6.45) is 0.680. The molecule has 0 aliphatic heterocycles. The van der Waals surface area contributed by atoms with Gasteiger partial charge in [-0.25, -0.2) is 4.79 Å². The van der Waals surface area contributed by atoms with Gasteiger partial charge in [0.15, 0.2) is 0 Å². The predicted octanol–water partition coefficient (Wildman–Crippen LogP) is 3.45. The van der Waals surface area contributed by atoms with Crippen molar-refractivity contribution in [3.63, 3.8) is 0 Å². The van der Waals surface area contributed by atoms with Crippen LogP contribution >= 0.6 is 15.9 Å². The lowest BCUT2D eigenvalue weighted by atomic mass is 9.95. The van der Waals surface area contributed by atoms with Crippen molar-refractivity contribution in [3.05, 3.63) is 34.9 Å². The van der Waals surface area contributed by atoms with Gasteiger partial charge in [0.1, 0.15) is 5.78 Å². The number of esters is 1. The lowest BCUT2D eigenvalue weighted by molar-refractivity contribution is -0.116. The Morgan fingerprint density at radius 2 is 2.00 bits per heavy atom. The molecule has 3 nitrogen and oxygen atoms in total. The summed E-state index contributed by atoms with van der Waals surface area (Å²) < 4.78 is 5.03. The Kier molecular flexibility index (Phi) is 5.54. The van der Waals surface area contributed by atoms with Crippen LogP contribution in [0.2, 0.25) is 0 Å². The highest BCUT2D eigenvalue weighted by Gasteiger charge is 2.20. The van der Waals surface area contributed by atoms with E-state index in [-0.39, 0.29) is 16.6 Å². The summed E-state index contributed by atoms with van der Waals surface area (Å²) in [7, 11) is 0. The van der Waals surface area contributed by atoms with Crippen molar-refractivity contribution >= 4 is 27.7 Å². The van der Waals surface area contributed by atoms with Crippen LogP contribution in [-0.4, -0.2) is 18.4 Å². The summed E-state index contributed by atoms with van der Waals surface area (Å²) in [5.74, 6) is -0.315. The lowest BCUT2D eigenvalue weighted by Gasteiger charge is -2.15. The maximum absolute atomic E-state index is 11.8. The standard InChI is InChI=1S/C14H17BrO3/c1-4-10-11(13(15)9(3)16)7-6-8-12(10)14(17)18-5-2/h6-8,13H,4-5H2,1-3H3. The van der Waals surface area contributed by atoms with Crippen molar-refractivity contribution in [1.82, 2.24) is 0 Å². The van der Waals surface area contributed by atoms with Crippen LogP contribution in [0.4, 0.5) is 0 Å². The lowest BCUT2D eigenvalue weighted by Crippen LogP contribution is -2.12. The minimum Gasteiger partial charge on any atom is -0.462 e. The Balaban J connectivity index is 3.26. The molecule has 0 heterocycles. The van der Waals surface area contributed by atoms with Crippen molar-refractivity contribution < 1.29 is 14.3 Å². The number of Topliss-reactive ketones (excluding diaryl/α,β-unsaturated/α-hetero) is 1. The van der Waals surface area contributed by atoms with Crippen LogP contribution < -0.4 is 0 Å². The van der Waals surface area contributed by atoms with E-state index in [2.05, 4.69) is 15.9 Å². The molecule has 0 fully saturated rings. The minimum atomic E-state index is -0.373. The van der Waals surface area contributed by atoms with Gasteiger partial charge >= 0.3 is 5.97 Å². The molecule has 1 atom stereocenters.